The van der Waals surface area contributed by atoms with E-state index in [9.17, 15) is 4.79 Å². The van der Waals surface area contributed by atoms with Crippen molar-refractivity contribution in [3.8, 4) is 0 Å². The molecule has 1 fully saturated rings. The van der Waals surface area contributed by atoms with Crippen LogP contribution in [0.25, 0.3) is 10.9 Å². The maximum Gasteiger partial charge on any atom is 0.262 e. The van der Waals surface area contributed by atoms with Crippen LogP contribution in [0.15, 0.2) is 16.9 Å². The van der Waals surface area contributed by atoms with Crippen molar-refractivity contribution in [1.82, 2.24) is 9.55 Å². The quantitative estimate of drug-likeness (QED) is 0.798. The van der Waals surface area contributed by atoms with Crippen molar-refractivity contribution >= 4 is 23.1 Å². The van der Waals surface area contributed by atoms with Crippen molar-refractivity contribution in [2.75, 3.05) is 0 Å². The Morgan fingerprint density at radius 2 is 2.06 bits per heavy atom. The van der Waals surface area contributed by atoms with Crippen LogP contribution < -0.4 is 5.56 Å². The standard InChI is InChI=1S/C14H16N2OS/c1-8-6-9(2)12-11(7-8)15-14(18)16(13(12)17)10-4-3-5-10/h6-7,10H,3-5H2,1-2H3,(H,15,18). The summed E-state index contributed by atoms with van der Waals surface area (Å²) >= 11 is 5.34. The minimum Gasteiger partial charge on any atom is -0.332 e. The van der Waals surface area contributed by atoms with Crippen LogP contribution in [0, 0.1) is 18.6 Å². The van der Waals surface area contributed by atoms with Crippen LogP contribution in [0.4, 0.5) is 0 Å². The van der Waals surface area contributed by atoms with Crippen LogP contribution >= 0.6 is 12.2 Å². The number of nitrogens with zero attached hydrogens (tertiary/aromatic N) is 1. The Labute approximate surface area is 110 Å². The third-order valence-electron chi connectivity index (χ3n) is 3.81. The average Bonchev–Trinajstić information content (AvgIpc) is 2.19. The smallest absolute Gasteiger partial charge is 0.262 e. The average molecular weight is 260 g/mol. The van der Waals surface area contributed by atoms with Gasteiger partial charge in [0.1, 0.15) is 0 Å². The summed E-state index contributed by atoms with van der Waals surface area (Å²) in [5, 5.41) is 0.779. The van der Waals surface area contributed by atoms with Crippen LogP contribution in [0.2, 0.25) is 0 Å². The maximum atomic E-state index is 12.6. The van der Waals surface area contributed by atoms with Crippen LogP contribution in [-0.4, -0.2) is 9.55 Å². The zero-order valence-electron chi connectivity index (χ0n) is 10.6. The van der Waals surface area contributed by atoms with E-state index in [1.807, 2.05) is 26.0 Å². The molecule has 18 heavy (non-hydrogen) atoms. The van der Waals surface area contributed by atoms with Gasteiger partial charge in [-0.25, -0.2) is 0 Å². The molecule has 3 rings (SSSR count). The van der Waals surface area contributed by atoms with E-state index in [4.69, 9.17) is 12.2 Å². The first-order chi connectivity index (χ1) is 8.58. The lowest BCUT2D eigenvalue weighted by Crippen LogP contribution is -2.30. The van der Waals surface area contributed by atoms with Crippen LogP contribution in [0.5, 0.6) is 0 Å². The molecule has 0 aliphatic heterocycles. The third kappa shape index (κ3) is 1.63. The van der Waals surface area contributed by atoms with E-state index in [-0.39, 0.29) is 5.56 Å². The lowest BCUT2D eigenvalue weighted by molar-refractivity contribution is 0.302. The van der Waals surface area contributed by atoms with Crippen LogP contribution in [-0.2, 0) is 0 Å². The second-order valence-corrected chi connectivity index (χ2v) is 5.58. The van der Waals surface area contributed by atoms with Gasteiger partial charge in [-0.2, -0.15) is 0 Å². The lowest BCUT2D eigenvalue weighted by atomic mass is 9.93. The molecule has 3 nitrogen and oxygen atoms in total. The van der Waals surface area contributed by atoms with Gasteiger partial charge < -0.3 is 4.98 Å². The molecular formula is C14H16N2OS. The molecular weight excluding hydrogens is 244 g/mol. The molecule has 0 atom stereocenters. The molecule has 1 aromatic heterocycles. The Balaban J connectivity index is 2.41. The van der Waals surface area contributed by atoms with Gasteiger partial charge in [-0.05, 0) is 62.5 Å². The summed E-state index contributed by atoms with van der Waals surface area (Å²) in [5.74, 6) is 0. The second-order valence-electron chi connectivity index (χ2n) is 5.19. The van der Waals surface area contributed by atoms with Crippen molar-refractivity contribution in [1.29, 1.82) is 0 Å². The summed E-state index contributed by atoms with van der Waals surface area (Å²) in [6, 6.07) is 4.34. The number of aromatic amines is 1. The molecule has 94 valence electrons. The number of nitrogens with one attached hydrogen (secondary N) is 1. The van der Waals surface area contributed by atoms with Gasteiger partial charge in [0, 0.05) is 6.04 Å². The molecule has 4 heteroatoms. The highest BCUT2D eigenvalue weighted by atomic mass is 32.1. The molecule has 0 spiro atoms. The van der Waals surface area contributed by atoms with Gasteiger partial charge in [0.15, 0.2) is 4.77 Å². The highest BCUT2D eigenvalue weighted by molar-refractivity contribution is 7.71. The Kier molecular flexibility index (Phi) is 2.63. The molecule has 1 saturated carbocycles. The summed E-state index contributed by atoms with van der Waals surface area (Å²) < 4.78 is 2.32. The molecule has 0 bridgehead atoms. The largest absolute Gasteiger partial charge is 0.332 e. The first-order valence-corrected chi connectivity index (χ1v) is 6.74. The van der Waals surface area contributed by atoms with Crippen molar-refractivity contribution in [3.63, 3.8) is 0 Å². The molecule has 0 amide bonds. The zero-order chi connectivity index (χ0) is 12.9. The van der Waals surface area contributed by atoms with Gasteiger partial charge in [-0.15, -0.1) is 0 Å². The number of aryl methyl sites for hydroxylation is 2. The Morgan fingerprint density at radius 1 is 1.33 bits per heavy atom. The van der Waals surface area contributed by atoms with E-state index < -0.39 is 0 Å². The molecule has 1 heterocycles. The topological polar surface area (TPSA) is 37.8 Å². The second kappa shape index (κ2) is 4.05. The van der Waals surface area contributed by atoms with E-state index in [0.29, 0.717) is 10.8 Å². The summed E-state index contributed by atoms with van der Waals surface area (Å²) in [6.45, 7) is 4.01. The lowest BCUT2D eigenvalue weighted by Gasteiger charge is -2.27. The normalized spacial score (nSPS) is 15.9. The Bertz CT molecular complexity index is 738. The minimum absolute atomic E-state index is 0.0657. The molecule has 2 aromatic rings. The van der Waals surface area contributed by atoms with Gasteiger partial charge in [0.25, 0.3) is 5.56 Å². The van der Waals surface area contributed by atoms with E-state index in [1.165, 1.54) is 6.42 Å². The first kappa shape index (κ1) is 11.7. The van der Waals surface area contributed by atoms with Gasteiger partial charge in [0.05, 0.1) is 10.9 Å². The predicted molar refractivity (Wildman–Crippen MR) is 75.8 cm³/mol. The van der Waals surface area contributed by atoms with E-state index in [1.54, 1.807) is 4.57 Å². The fourth-order valence-corrected chi connectivity index (χ4v) is 3.06. The van der Waals surface area contributed by atoms with E-state index in [0.717, 1.165) is 34.9 Å². The van der Waals surface area contributed by atoms with Gasteiger partial charge in [0.2, 0.25) is 0 Å². The molecule has 1 N–H and O–H groups in total. The van der Waals surface area contributed by atoms with Crippen molar-refractivity contribution in [2.24, 2.45) is 0 Å². The van der Waals surface area contributed by atoms with Crippen LogP contribution in [0.3, 0.4) is 0 Å². The predicted octanol–water partition coefficient (Wildman–Crippen LogP) is 3.40. The fraction of sp³-hybridized carbons (Fsp3) is 0.429. The van der Waals surface area contributed by atoms with Crippen LogP contribution in [0.1, 0.15) is 36.4 Å². The van der Waals surface area contributed by atoms with E-state index in [2.05, 4.69) is 4.98 Å². The molecule has 0 unspecified atom stereocenters. The maximum absolute atomic E-state index is 12.6. The SMILES string of the molecule is Cc1cc(C)c2c(=O)n(C3CCC3)c(=S)[nH]c2c1. The van der Waals surface area contributed by atoms with Crippen molar-refractivity contribution in [2.45, 2.75) is 39.2 Å². The molecule has 1 aliphatic carbocycles. The summed E-state index contributed by atoms with van der Waals surface area (Å²) in [5.41, 5.74) is 3.09. The summed E-state index contributed by atoms with van der Waals surface area (Å²) in [6.07, 6.45) is 3.32. The number of fused-ring (bicyclic) bond motifs is 1. The Hall–Kier alpha value is -1.42. The monoisotopic (exact) mass is 260 g/mol. The van der Waals surface area contributed by atoms with Gasteiger partial charge in [-0.1, -0.05) is 6.07 Å². The van der Waals surface area contributed by atoms with Gasteiger partial charge >= 0.3 is 0 Å². The first-order valence-electron chi connectivity index (χ1n) is 6.33. The zero-order valence-corrected chi connectivity index (χ0v) is 11.4. The minimum atomic E-state index is 0.0657. The Morgan fingerprint density at radius 3 is 2.67 bits per heavy atom. The molecule has 0 saturated heterocycles. The number of hydrogen-bond acceptors (Lipinski definition) is 2. The summed E-state index contributed by atoms with van der Waals surface area (Å²) in [7, 11) is 0. The van der Waals surface area contributed by atoms with Crippen molar-refractivity contribution < 1.29 is 0 Å². The highest BCUT2D eigenvalue weighted by Gasteiger charge is 2.22. The number of hydrogen-bond donors (Lipinski definition) is 1. The number of H-pyrrole nitrogens is 1. The number of aromatic nitrogens is 2. The molecule has 1 aromatic carbocycles. The fourth-order valence-electron chi connectivity index (χ4n) is 2.71. The highest BCUT2D eigenvalue weighted by Crippen LogP contribution is 2.30. The third-order valence-corrected chi connectivity index (χ3v) is 4.11. The summed E-state index contributed by atoms with van der Waals surface area (Å²) in [4.78, 5) is 15.8. The van der Waals surface area contributed by atoms with Crippen molar-refractivity contribution in [3.05, 3.63) is 38.4 Å². The molecule has 1 aliphatic rings. The van der Waals surface area contributed by atoms with Gasteiger partial charge in [-0.3, -0.25) is 9.36 Å². The number of rotatable bonds is 1. The molecule has 0 radical (unpaired) electrons. The number of benzene rings is 1. The van der Waals surface area contributed by atoms with E-state index >= 15 is 0 Å².